The molecule has 2 aromatic rings. The van der Waals surface area contributed by atoms with E-state index in [0.717, 1.165) is 4.88 Å². The van der Waals surface area contributed by atoms with Gasteiger partial charge in [-0.05, 0) is 24.3 Å². The Morgan fingerprint density at radius 1 is 1.38 bits per heavy atom. The van der Waals surface area contributed by atoms with Crippen LogP contribution < -0.4 is 0 Å². The van der Waals surface area contributed by atoms with Crippen LogP contribution >= 0.6 is 11.3 Å². The molecule has 0 aliphatic carbocycles. The van der Waals surface area contributed by atoms with E-state index >= 15 is 0 Å². The molecule has 82 valence electrons. The van der Waals surface area contributed by atoms with Gasteiger partial charge in [-0.2, -0.15) is 0 Å². The van der Waals surface area contributed by atoms with Crippen molar-refractivity contribution in [2.24, 2.45) is 0 Å². The van der Waals surface area contributed by atoms with E-state index < -0.39 is 0 Å². The minimum Gasteiger partial charge on any atom is -0.465 e. The summed E-state index contributed by atoms with van der Waals surface area (Å²) in [6.07, 6.45) is 0.637. The highest BCUT2D eigenvalue weighted by Gasteiger charge is 2.12. The second-order valence-corrected chi connectivity index (χ2v) is 4.06. The molecule has 16 heavy (non-hydrogen) atoms. The van der Waals surface area contributed by atoms with Crippen LogP contribution in [0.1, 0.15) is 20.2 Å². The van der Waals surface area contributed by atoms with Crippen molar-refractivity contribution in [3.05, 3.63) is 34.9 Å². The van der Waals surface area contributed by atoms with Crippen LogP contribution in [0.4, 0.5) is 0 Å². The molecule has 2 heterocycles. The molecule has 0 saturated heterocycles. The summed E-state index contributed by atoms with van der Waals surface area (Å²) in [5.74, 6) is 0.462. The average Bonchev–Trinajstić information content (AvgIpc) is 2.95. The van der Waals surface area contributed by atoms with Crippen molar-refractivity contribution in [3.63, 3.8) is 0 Å². The first-order valence-corrected chi connectivity index (χ1v) is 5.30. The summed E-state index contributed by atoms with van der Waals surface area (Å²) >= 11 is 1.26. The summed E-state index contributed by atoms with van der Waals surface area (Å²) in [5, 5.41) is 0. The van der Waals surface area contributed by atoms with E-state index in [1.165, 1.54) is 18.4 Å². The number of thiophene rings is 1. The standard InChI is InChI=1S/C11H8O4S/c1-14-11(13)10-5-4-9(16-10)8-3-2-7(6-12)15-8/h2-6H,1H3. The zero-order valence-electron chi connectivity index (χ0n) is 8.43. The number of esters is 1. The second-order valence-electron chi connectivity index (χ2n) is 2.98. The maximum absolute atomic E-state index is 11.2. The van der Waals surface area contributed by atoms with Gasteiger partial charge < -0.3 is 9.15 Å². The normalized spacial score (nSPS) is 10.1. The van der Waals surface area contributed by atoms with Crippen molar-refractivity contribution in [2.45, 2.75) is 0 Å². The molecule has 5 heteroatoms. The van der Waals surface area contributed by atoms with Crippen molar-refractivity contribution in [3.8, 4) is 10.6 Å². The fourth-order valence-electron chi connectivity index (χ4n) is 1.23. The maximum Gasteiger partial charge on any atom is 0.348 e. The van der Waals surface area contributed by atoms with Crippen LogP contribution in [0.2, 0.25) is 0 Å². The van der Waals surface area contributed by atoms with Gasteiger partial charge in [0.25, 0.3) is 0 Å². The van der Waals surface area contributed by atoms with Crippen LogP contribution in [0.15, 0.2) is 28.7 Å². The summed E-state index contributed by atoms with van der Waals surface area (Å²) in [6, 6.07) is 6.69. The molecule has 0 N–H and O–H groups in total. The highest BCUT2D eigenvalue weighted by Crippen LogP contribution is 2.29. The number of aldehydes is 1. The third kappa shape index (κ3) is 1.90. The van der Waals surface area contributed by atoms with Gasteiger partial charge in [0.1, 0.15) is 10.6 Å². The lowest BCUT2D eigenvalue weighted by atomic mass is 10.3. The molecule has 2 rings (SSSR count). The minimum atomic E-state index is -0.376. The van der Waals surface area contributed by atoms with Gasteiger partial charge in [0.05, 0.1) is 12.0 Å². The van der Waals surface area contributed by atoms with Crippen molar-refractivity contribution < 1.29 is 18.7 Å². The maximum atomic E-state index is 11.2. The molecule has 0 aromatic carbocycles. The van der Waals surface area contributed by atoms with E-state index in [0.29, 0.717) is 16.9 Å². The Balaban J connectivity index is 2.31. The SMILES string of the molecule is COC(=O)c1ccc(-c2ccc(C=O)o2)s1. The molecule has 0 aliphatic heterocycles. The average molecular weight is 236 g/mol. The number of methoxy groups -OCH3 is 1. The van der Waals surface area contributed by atoms with E-state index in [2.05, 4.69) is 4.74 Å². The van der Waals surface area contributed by atoms with Crippen LogP contribution in [0.25, 0.3) is 10.6 Å². The van der Waals surface area contributed by atoms with Gasteiger partial charge in [0.2, 0.25) is 0 Å². The fraction of sp³-hybridized carbons (Fsp3) is 0.0909. The van der Waals surface area contributed by atoms with Gasteiger partial charge in [0.15, 0.2) is 12.0 Å². The number of hydrogen-bond donors (Lipinski definition) is 0. The van der Waals surface area contributed by atoms with Gasteiger partial charge in [-0.25, -0.2) is 4.79 Å². The lowest BCUT2D eigenvalue weighted by molar-refractivity contribution is 0.0606. The lowest BCUT2D eigenvalue weighted by Gasteiger charge is -1.92. The van der Waals surface area contributed by atoms with E-state index in [4.69, 9.17) is 4.42 Å². The molecule has 0 bridgehead atoms. The third-order valence-corrected chi connectivity index (χ3v) is 3.06. The molecule has 0 radical (unpaired) electrons. The molecule has 0 saturated carbocycles. The second kappa shape index (κ2) is 4.32. The molecule has 0 spiro atoms. The van der Waals surface area contributed by atoms with Crippen LogP contribution in [0.5, 0.6) is 0 Å². The zero-order chi connectivity index (χ0) is 11.5. The lowest BCUT2D eigenvalue weighted by Crippen LogP contribution is -1.96. The molecule has 2 aromatic heterocycles. The van der Waals surface area contributed by atoms with Gasteiger partial charge in [-0.15, -0.1) is 11.3 Å². The summed E-state index contributed by atoms with van der Waals surface area (Å²) in [7, 11) is 1.33. The summed E-state index contributed by atoms with van der Waals surface area (Å²) in [6.45, 7) is 0. The molecular formula is C11H8O4S. The van der Waals surface area contributed by atoms with Crippen molar-refractivity contribution in [1.82, 2.24) is 0 Å². The Bertz CT molecular complexity index is 524. The Hall–Kier alpha value is -1.88. The number of carbonyl (C=O) groups excluding carboxylic acids is 2. The first-order chi connectivity index (χ1) is 7.74. The predicted molar refractivity (Wildman–Crippen MR) is 58.7 cm³/mol. The topological polar surface area (TPSA) is 56.5 Å². The molecule has 0 atom stereocenters. The summed E-state index contributed by atoms with van der Waals surface area (Å²) in [4.78, 5) is 23.0. The van der Waals surface area contributed by atoms with E-state index in [-0.39, 0.29) is 11.7 Å². The monoisotopic (exact) mass is 236 g/mol. The molecular weight excluding hydrogens is 228 g/mol. The van der Waals surface area contributed by atoms with Crippen LogP contribution in [-0.2, 0) is 4.74 Å². The van der Waals surface area contributed by atoms with Gasteiger partial charge in [-0.1, -0.05) is 0 Å². The summed E-state index contributed by atoms with van der Waals surface area (Å²) < 4.78 is 9.83. The predicted octanol–water partition coefficient (Wildman–Crippen LogP) is 2.61. The molecule has 0 amide bonds. The molecule has 0 aliphatic rings. The van der Waals surface area contributed by atoms with E-state index in [1.807, 2.05) is 0 Å². The zero-order valence-corrected chi connectivity index (χ0v) is 9.24. The van der Waals surface area contributed by atoms with Crippen molar-refractivity contribution in [1.29, 1.82) is 0 Å². The number of furan rings is 1. The third-order valence-electron chi connectivity index (χ3n) is 1.98. The fourth-order valence-corrected chi connectivity index (χ4v) is 2.12. The number of ether oxygens (including phenoxy) is 1. The van der Waals surface area contributed by atoms with Crippen molar-refractivity contribution >= 4 is 23.6 Å². The molecule has 0 unspecified atom stereocenters. The molecule has 4 nitrogen and oxygen atoms in total. The van der Waals surface area contributed by atoms with E-state index in [1.54, 1.807) is 24.3 Å². The van der Waals surface area contributed by atoms with Crippen LogP contribution in [-0.4, -0.2) is 19.4 Å². The Morgan fingerprint density at radius 2 is 2.19 bits per heavy atom. The minimum absolute atomic E-state index is 0.267. The first kappa shape index (κ1) is 10.6. The first-order valence-electron chi connectivity index (χ1n) is 4.48. The quantitative estimate of drug-likeness (QED) is 0.607. The largest absolute Gasteiger partial charge is 0.465 e. The number of hydrogen-bond acceptors (Lipinski definition) is 5. The van der Waals surface area contributed by atoms with E-state index in [9.17, 15) is 9.59 Å². The van der Waals surface area contributed by atoms with Gasteiger partial charge in [-0.3, -0.25) is 4.79 Å². The smallest absolute Gasteiger partial charge is 0.348 e. The van der Waals surface area contributed by atoms with Crippen LogP contribution in [0, 0.1) is 0 Å². The van der Waals surface area contributed by atoms with Crippen LogP contribution in [0.3, 0.4) is 0 Å². The highest BCUT2D eigenvalue weighted by molar-refractivity contribution is 7.17. The Kier molecular flexibility index (Phi) is 2.87. The molecule has 0 fully saturated rings. The summed E-state index contributed by atoms with van der Waals surface area (Å²) in [5.41, 5.74) is 0. The Morgan fingerprint density at radius 3 is 2.81 bits per heavy atom. The number of rotatable bonds is 3. The number of carbonyl (C=O) groups is 2. The van der Waals surface area contributed by atoms with Gasteiger partial charge in [0, 0.05) is 0 Å². The highest BCUT2D eigenvalue weighted by atomic mass is 32.1. The van der Waals surface area contributed by atoms with Crippen molar-refractivity contribution in [2.75, 3.05) is 7.11 Å². The van der Waals surface area contributed by atoms with Gasteiger partial charge >= 0.3 is 5.97 Å². The Labute approximate surface area is 95.5 Å².